The lowest BCUT2D eigenvalue weighted by molar-refractivity contribution is 0.423. The summed E-state index contributed by atoms with van der Waals surface area (Å²) < 4.78 is 13.9. The number of benzene rings is 1. The molecule has 0 amide bonds. The Morgan fingerprint density at radius 2 is 2.28 bits per heavy atom. The maximum Gasteiger partial charge on any atom is 0.115 e. The topological polar surface area (TPSA) is 50.1 Å². The van der Waals surface area contributed by atoms with Crippen LogP contribution < -0.4 is 5.32 Å². The lowest BCUT2D eigenvalue weighted by atomic mass is 10.2. The van der Waals surface area contributed by atoms with Crippen molar-refractivity contribution in [2.24, 2.45) is 0 Å². The second-order valence-corrected chi connectivity index (χ2v) is 4.08. The van der Waals surface area contributed by atoms with Crippen molar-refractivity contribution in [2.45, 2.75) is 20.0 Å². The zero-order valence-corrected chi connectivity index (χ0v) is 10.2. The van der Waals surface area contributed by atoms with Crippen molar-refractivity contribution in [2.75, 3.05) is 12.0 Å². The van der Waals surface area contributed by atoms with Gasteiger partial charge in [0, 0.05) is 6.54 Å². The Morgan fingerprint density at radius 1 is 1.44 bits per heavy atom. The van der Waals surface area contributed by atoms with E-state index in [9.17, 15) is 9.50 Å². The molecule has 1 heterocycles. The number of aromatic nitrogens is 2. The summed E-state index contributed by atoms with van der Waals surface area (Å²) >= 11 is 0. The molecule has 1 aromatic heterocycles. The van der Waals surface area contributed by atoms with Crippen LogP contribution in [0, 0.1) is 6.92 Å². The monoisotopic (exact) mass is 249 g/mol. The molecule has 0 aliphatic heterocycles. The Bertz CT molecular complexity index is 525. The number of phenolic OH excluding ortho intramolecular Hbond substituents is 1. The van der Waals surface area contributed by atoms with Crippen molar-refractivity contribution in [1.29, 1.82) is 0 Å². The summed E-state index contributed by atoms with van der Waals surface area (Å²) in [6.45, 7) is 2.35. The second kappa shape index (κ2) is 5.53. The number of anilines is 1. The quantitative estimate of drug-likeness (QED) is 0.856. The average Bonchev–Trinajstić information content (AvgIpc) is 2.69. The first-order valence-corrected chi connectivity index (χ1v) is 5.81. The molecular formula is C13H16FN3O. The van der Waals surface area contributed by atoms with Crippen LogP contribution in [0.4, 0.5) is 10.1 Å². The van der Waals surface area contributed by atoms with Crippen molar-refractivity contribution in [3.63, 3.8) is 0 Å². The van der Waals surface area contributed by atoms with Gasteiger partial charge in [0.2, 0.25) is 0 Å². The third kappa shape index (κ3) is 2.80. The first-order chi connectivity index (χ1) is 8.70. The number of phenols is 1. The summed E-state index contributed by atoms with van der Waals surface area (Å²) in [6, 6.07) is 7.06. The first-order valence-electron chi connectivity index (χ1n) is 5.81. The van der Waals surface area contributed by atoms with Crippen molar-refractivity contribution in [1.82, 2.24) is 9.78 Å². The third-order valence-electron chi connectivity index (χ3n) is 2.79. The van der Waals surface area contributed by atoms with Gasteiger partial charge in [0.1, 0.15) is 12.4 Å². The molecule has 2 rings (SSSR count). The van der Waals surface area contributed by atoms with Gasteiger partial charge in [-0.2, -0.15) is 5.10 Å². The van der Waals surface area contributed by atoms with E-state index >= 15 is 0 Å². The Hall–Kier alpha value is -2.04. The summed E-state index contributed by atoms with van der Waals surface area (Å²) in [7, 11) is 0. The Labute approximate surface area is 105 Å². The number of alkyl halides is 1. The molecule has 96 valence electrons. The minimum Gasteiger partial charge on any atom is -0.508 e. The van der Waals surface area contributed by atoms with E-state index in [1.165, 1.54) is 0 Å². The van der Waals surface area contributed by atoms with E-state index in [1.807, 2.05) is 13.0 Å². The normalized spacial score (nSPS) is 10.6. The van der Waals surface area contributed by atoms with Gasteiger partial charge >= 0.3 is 0 Å². The van der Waals surface area contributed by atoms with Gasteiger partial charge in [-0.25, -0.2) is 4.39 Å². The van der Waals surface area contributed by atoms with Crippen LogP contribution in [0.3, 0.4) is 0 Å². The van der Waals surface area contributed by atoms with Crippen LogP contribution in [0.1, 0.15) is 11.3 Å². The van der Waals surface area contributed by atoms with E-state index in [2.05, 4.69) is 10.4 Å². The van der Waals surface area contributed by atoms with E-state index in [1.54, 1.807) is 29.1 Å². The number of nitrogens with one attached hydrogen (secondary N) is 1. The van der Waals surface area contributed by atoms with Crippen LogP contribution in [0.15, 0.2) is 30.5 Å². The molecule has 0 saturated heterocycles. The number of hydrogen-bond donors (Lipinski definition) is 2. The lowest BCUT2D eigenvalue weighted by Gasteiger charge is -2.07. The van der Waals surface area contributed by atoms with Gasteiger partial charge in [0.05, 0.1) is 24.1 Å². The van der Waals surface area contributed by atoms with Crippen LogP contribution in [0.2, 0.25) is 0 Å². The minimum absolute atomic E-state index is 0.249. The Kier molecular flexibility index (Phi) is 3.82. The molecule has 4 nitrogen and oxygen atoms in total. The largest absolute Gasteiger partial charge is 0.508 e. The molecule has 1 aromatic carbocycles. The predicted octanol–water partition coefficient (Wildman–Crippen LogP) is 2.48. The molecule has 5 heteroatoms. The smallest absolute Gasteiger partial charge is 0.115 e. The molecule has 0 aliphatic rings. The number of hydrogen-bond acceptors (Lipinski definition) is 3. The molecular weight excluding hydrogens is 233 g/mol. The SMILES string of the molecule is Cc1c(NCc2cccc(O)c2)cnn1CCF. The fraction of sp³-hybridized carbons (Fsp3) is 0.308. The molecule has 0 fully saturated rings. The highest BCUT2D eigenvalue weighted by Gasteiger charge is 2.05. The number of aryl methyl sites for hydroxylation is 1. The number of aromatic hydroxyl groups is 1. The maximum absolute atomic E-state index is 12.3. The summed E-state index contributed by atoms with van der Waals surface area (Å²) in [6.07, 6.45) is 1.69. The van der Waals surface area contributed by atoms with Crippen LogP contribution in [-0.2, 0) is 13.1 Å². The Balaban J connectivity index is 2.02. The molecule has 2 aromatic rings. The number of nitrogens with zero attached hydrogens (tertiary/aromatic N) is 2. The summed E-state index contributed by atoms with van der Waals surface area (Å²) in [5, 5.41) is 16.7. The highest BCUT2D eigenvalue weighted by Crippen LogP contribution is 2.16. The van der Waals surface area contributed by atoms with Gasteiger partial charge in [-0.1, -0.05) is 12.1 Å². The van der Waals surface area contributed by atoms with E-state index in [0.29, 0.717) is 6.54 Å². The highest BCUT2D eigenvalue weighted by molar-refractivity contribution is 5.46. The Morgan fingerprint density at radius 3 is 3.00 bits per heavy atom. The van der Waals surface area contributed by atoms with Crippen molar-refractivity contribution >= 4 is 5.69 Å². The first kappa shape index (κ1) is 12.4. The van der Waals surface area contributed by atoms with Gasteiger partial charge in [-0.3, -0.25) is 4.68 Å². The van der Waals surface area contributed by atoms with E-state index in [4.69, 9.17) is 0 Å². The molecule has 0 saturated carbocycles. The molecule has 18 heavy (non-hydrogen) atoms. The number of rotatable bonds is 5. The third-order valence-corrected chi connectivity index (χ3v) is 2.79. The van der Waals surface area contributed by atoms with Crippen LogP contribution in [0.25, 0.3) is 0 Å². The zero-order valence-electron chi connectivity index (χ0n) is 10.2. The molecule has 0 bridgehead atoms. The van der Waals surface area contributed by atoms with E-state index in [-0.39, 0.29) is 12.3 Å². The van der Waals surface area contributed by atoms with Gasteiger partial charge in [-0.05, 0) is 24.6 Å². The summed E-state index contributed by atoms with van der Waals surface area (Å²) in [4.78, 5) is 0. The minimum atomic E-state index is -0.422. The van der Waals surface area contributed by atoms with Crippen LogP contribution in [-0.4, -0.2) is 21.6 Å². The number of halogens is 1. The molecule has 0 atom stereocenters. The summed E-state index contributed by atoms with van der Waals surface area (Å²) in [5.74, 6) is 0.249. The van der Waals surface area contributed by atoms with Gasteiger partial charge in [0.25, 0.3) is 0 Å². The standard InChI is InChI=1S/C13H16FN3O/c1-10-13(9-16-17(10)6-5-14)15-8-11-3-2-4-12(18)7-11/h2-4,7,9,15,18H,5-6,8H2,1H3. The van der Waals surface area contributed by atoms with Crippen molar-refractivity contribution in [3.05, 3.63) is 41.7 Å². The van der Waals surface area contributed by atoms with Gasteiger partial charge in [0.15, 0.2) is 0 Å². The molecule has 0 radical (unpaired) electrons. The maximum atomic E-state index is 12.3. The zero-order chi connectivity index (χ0) is 13.0. The van der Waals surface area contributed by atoms with Crippen LogP contribution >= 0.6 is 0 Å². The van der Waals surface area contributed by atoms with Crippen molar-refractivity contribution in [3.8, 4) is 5.75 Å². The van der Waals surface area contributed by atoms with Gasteiger partial charge < -0.3 is 10.4 Å². The average molecular weight is 249 g/mol. The molecule has 0 unspecified atom stereocenters. The van der Waals surface area contributed by atoms with E-state index in [0.717, 1.165) is 16.9 Å². The highest BCUT2D eigenvalue weighted by atomic mass is 19.1. The molecule has 2 N–H and O–H groups in total. The second-order valence-electron chi connectivity index (χ2n) is 4.08. The van der Waals surface area contributed by atoms with Crippen LogP contribution in [0.5, 0.6) is 5.75 Å². The predicted molar refractivity (Wildman–Crippen MR) is 68.4 cm³/mol. The summed E-state index contributed by atoms with van der Waals surface area (Å²) in [5.41, 5.74) is 2.77. The molecule has 0 aliphatic carbocycles. The fourth-order valence-corrected chi connectivity index (χ4v) is 1.79. The van der Waals surface area contributed by atoms with Gasteiger partial charge in [-0.15, -0.1) is 0 Å². The van der Waals surface area contributed by atoms with Crippen molar-refractivity contribution < 1.29 is 9.50 Å². The molecule has 0 spiro atoms. The lowest BCUT2D eigenvalue weighted by Crippen LogP contribution is -2.05. The fourth-order valence-electron chi connectivity index (χ4n) is 1.79. The van der Waals surface area contributed by atoms with E-state index < -0.39 is 6.67 Å².